The maximum absolute atomic E-state index is 14.2. The Morgan fingerprint density at radius 1 is 1.07 bits per heavy atom. The largest absolute Gasteiger partial charge is 0.328 e. The minimum atomic E-state index is -0.595. The van der Waals surface area contributed by atoms with Crippen LogP contribution in [-0.4, -0.2) is 20.5 Å². The number of fused-ring (bicyclic) bond motifs is 1. The molecule has 1 aliphatic heterocycles. The van der Waals surface area contributed by atoms with Gasteiger partial charge in [-0.3, -0.25) is 4.79 Å². The average molecular weight is 378 g/mol. The highest BCUT2D eigenvalue weighted by Crippen LogP contribution is 2.40. The van der Waals surface area contributed by atoms with E-state index < -0.39 is 17.7 Å². The lowest BCUT2D eigenvalue weighted by Crippen LogP contribution is -2.31. The van der Waals surface area contributed by atoms with Gasteiger partial charge >= 0.3 is 0 Å². The van der Waals surface area contributed by atoms with Crippen molar-refractivity contribution < 1.29 is 13.6 Å². The molecule has 0 bridgehead atoms. The second kappa shape index (κ2) is 6.37. The van der Waals surface area contributed by atoms with E-state index in [0.717, 1.165) is 12.1 Å². The van der Waals surface area contributed by atoms with Gasteiger partial charge < -0.3 is 5.32 Å². The highest BCUT2D eigenvalue weighted by Gasteiger charge is 2.37. The predicted octanol–water partition coefficient (Wildman–Crippen LogP) is 4.25. The summed E-state index contributed by atoms with van der Waals surface area (Å²) in [5.74, 6) is -0.175. The van der Waals surface area contributed by atoms with E-state index in [4.69, 9.17) is 0 Å². The van der Waals surface area contributed by atoms with Crippen molar-refractivity contribution >= 4 is 11.7 Å². The number of hydrogen-bond donors (Lipinski definition) is 1. The van der Waals surface area contributed by atoms with Crippen molar-refractivity contribution in [1.29, 1.82) is 0 Å². The van der Waals surface area contributed by atoms with E-state index in [9.17, 15) is 13.6 Å². The second-order valence-electron chi connectivity index (χ2n) is 6.93. The zero-order chi connectivity index (χ0) is 19.3. The van der Waals surface area contributed by atoms with Gasteiger partial charge in [-0.1, -0.05) is 24.3 Å². The lowest BCUT2D eigenvalue weighted by molar-refractivity contribution is -0.116. The smallest absolute Gasteiger partial charge is 0.226 e. The summed E-state index contributed by atoms with van der Waals surface area (Å²) in [6, 6.07) is 11.8. The van der Waals surface area contributed by atoms with E-state index in [0.29, 0.717) is 29.9 Å². The summed E-state index contributed by atoms with van der Waals surface area (Å²) in [6.45, 7) is 0. The fourth-order valence-electron chi connectivity index (χ4n) is 3.90. The lowest BCUT2D eigenvalue weighted by Gasteiger charge is -2.32. The van der Waals surface area contributed by atoms with Crippen LogP contribution in [0.25, 0.3) is 11.4 Å². The number of aromatic nitrogens is 3. The van der Waals surface area contributed by atoms with Crippen LogP contribution in [0, 0.1) is 11.6 Å². The monoisotopic (exact) mass is 378 g/mol. The third-order valence-electron chi connectivity index (χ3n) is 5.15. The summed E-state index contributed by atoms with van der Waals surface area (Å²) in [5.41, 5.74) is 2.24. The van der Waals surface area contributed by atoms with Crippen LogP contribution < -0.4 is 5.32 Å². The predicted molar refractivity (Wildman–Crippen MR) is 99.5 cm³/mol. The summed E-state index contributed by atoms with van der Waals surface area (Å²) >= 11 is 0. The molecule has 140 valence electrons. The number of nitrogens with one attached hydrogen (secondary N) is 1. The minimum absolute atomic E-state index is 0.0107. The van der Waals surface area contributed by atoms with E-state index in [1.165, 1.54) is 18.2 Å². The van der Waals surface area contributed by atoms with Crippen LogP contribution in [0.5, 0.6) is 0 Å². The number of ketones is 1. The van der Waals surface area contributed by atoms with Crippen molar-refractivity contribution in [1.82, 2.24) is 14.8 Å². The molecule has 1 aromatic heterocycles. The maximum Gasteiger partial charge on any atom is 0.226 e. The van der Waals surface area contributed by atoms with Crippen molar-refractivity contribution in [3.05, 3.63) is 77.0 Å². The van der Waals surface area contributed by atoms with Gasteiger partial charge in [-0.2, -0.15) is 4.98 Å². The molecule has 1 aliphatic carbocycles. The Labute approximate surface area is 159 Å². The first kappa shape index (κ1) is 16.8. The topological polar surface area (TPSA) is 59.8 Å². The van der Waals surface area contributed by atoms with Gasteiger partial charge in [0, 0.05) is 17.7 Å². The van der Waals surface area contributed by atoms with E-state index >= 15 is 0 Å². The molecule has 0 amide bonds. The molecule has 2 aromatic carbocycles. The summed E-state index contributed by atoms with van der Waals surface area (Å²) in [6.07, 6.45) is 1.89. The molecule has 1 N–H and O–H groups in total. The summed E-state index contributed by atoms with van der Waals surface area (Å²) < 4.78 is 29.7. The zero-order valence-electron chi connectivity index (χ0n) is 14.8. The molecule has 3 aromatic rings. The number of Topliss-reactive ketones (excluding diaryl/α,β-unsaturated/α-hetero) is 1. The lowest BCUT2D eigenvalue weighted by atomic mass is 9.85. The van der Waals surface area contributed by atoms with Crippen molar-refractivity contribution in [2.45, 2.75) is 25.3 Å². The van der Waals surface area contributed by atoms with Gasteiger partial charge in [0.15, 0.2) is 11.6 Å². The summed E-state index contributed by atoms with van der Waals surface area (Å²) in [5, 5.41) is 7.67. The molecule has 0 saturated heterocycles. The third-order valence-corrected chi connectivity index (χ3v) is 5.15. The fourth-order valence-corrected chi connectivity index (χ4v) is 3.90. The van der Waals surface area contributed by atoms with Crippen LogP contribution in [0.3, 0.4) is 0 Å². The normalized spacial score (nSPS) is 18.5. The molecule has 0 fully saturated rings. The van der Waals surface area contributed by atoms with Gasteiger partial charge in [-0.25, -0.2) is 13.5 Å². The standard InChI is InChI=1S/C21H16F2N4O/c22-13-6-3-5-12(11-13)19-18-16(9-4-10-17(18)28)24-21-25-20(26-27(19)21)14-7-1-2-8-15(14)23/h1-3,5-8,11,19H,4,9-10H2,(H,24,25,26). The Balaban J connectivity index is 1.71. The molecule has 0 spiro atoms. The minimum Gasteiger partial charge on any atom is -0.328 e. The molecule has 7 heteroatoms. The van der Waals surface area contributed by atoms with Crippen LogP contribution in [0.15, 0.2) is 59.8 Å². The number of nitrogens with zero attached hydrogens (tertiary/aromatic N) is 3. The quantitative estimate of drug-likeness (QED) is 0.724. The summed E-state index contributed by atoms with van der Waals surface area (Å²) in [4.78, 5) is 17.2. The average Bonchev–Trinajstić information content (AvgIpc) is 3.10. The van der Waals surface area contributed by atoms with Crippen molar-refractivity contribution in [3.63, 3.8) is 0 Å². The third kappa shape index (κ3) is 2.62. The first-order valence-electron chi connectivity index (χ1n) is 9.12. The summed E-state index contributed by atoms with van der Waals surface area (Å²) in [7, 11) is 0. The molecule has 1 unspecified atom stereocenters. The molecule has 5 rings (SSSR count). The maximum atomic E-state index is 14.2. The number of carbonyl (C=O) groups is 1. The first-order valence-corrected chi connectivity index (χ1v) is 9.12. The molecule has 28 heavy (non-hydrogen) atoms. The SMILES string of the molecule is O=C1CCCC2=C1C(c1cccc(F)c1)n1nc(-c3ccccc3F)nc1N2. The Morgan fingerprint density at radius 2 is 1.93 bits per heavy atom. The Hall–Kier alpha value is -3.35. The number of rotatable bonds is 2. The van der Waals surface area contributed by atoms with Crippen LogP contribution in [-0.2, 0) is 4.79 Å². The molecule has 5 nitrogen and oxygen atoms in total. The Kier molecular flexibility index (Phi) is 3.82. The van der Waals surface area contributed by atoms with E-state index in [-0.39, 0.29) is 17.2 Å². The van der Waals surface area contributed by atoms with E-state index in [2.05, 4.69) is 15.4 Å². The first-order chi connectivity index (χ1) is 13.6. The number of benzene rings is 2. The molecule has 0 radical (unpaired) electrons. The molecular formula is C21H16F2N4O. The molecular weight excluding hydrogens is 362 g/mol. The van der Waals surface area contributed by atoms with Crippen LogP contribution in [0.2, 0.25) is 0 Å². The van der Waals surface area contributed by atoms with Gasteiger partial charge in [0.25, 0.3) is 0 Å². The highest BCUT2D eigenvalue weighted by atomic mass is 19.1. The van der Waals surface area contributed by atoms with Gasteiger partial charge in [0.2, 0.25) is 5.95 Å². The number of halogens is 2. The van der Waals surface area contributed by atoms with Gasteiger partial charge in [-0.05, 0) is 42.7 Å². The van der Waals surface area contributed by atoms with Crippen LogP contribution in [0.4, 0.5) is 14.7 Å². The van der Waals surface area contributed by atoms with Crippen molar-refractivity contribution in [2.75, 3.05) is 5.32 Å². The number of hydrogen-bond acceptors (Lipinski definition) is 4. The highest BCUT2D eigenvalue weighted by molar-refractivity contribution is 5.99. The molecule has 1 atom stereocenters. The van der Waals surface area contributed by atoms with Crippen molar-refractivity contribution in [3.8, 4) is 11.4 Å². The number of carbonyl (C=O) groups excluding carboxylic acids is 1. The Morgan fingerprint density at radius 3 is 2.75 bits per heavy atom. The van der Waals surface area contributed by atoms with Gasteiger partial charge in [-0.15, -0.1) is 5.10 Å². The fraction of sp³-hybridized carbons (Fsp3) is 0.190. The van der Waals surface area contributed by atoms with Crippen molar-refractivity contribution in [2.24, 2.45) is 0 Å². The van der Waals surface area contributed by atoms with Crippen LogP contribution in [0.1, 0.15) is 30.9 Å². The second-order valence-corrected chi connectivity index (χ2v) is 6.93. The van der Waals surface area contributed by atoms with Crippen LogP contribution >= 0.6 is 0 Å². The number of allylic oxidation sites excluding steroid dienone is 2. The Bertz CT molecular complexity index is 1130. The van der Waals surface area contributed by atoms with E-state index in [1.807, 2.05) is 0 Å². The van der Waals surface area contributed by atoms with Gasteiger partial charge in [0.05, 0.1) is 5.56 Å². The molecule has 2 aliphatic rings. The van der Waals surface area contributed by atoms with E-state index in [1.54, 1.807) is 35.0 Å². The zero-order valence-corrected chi connectivity index (χ0v) is 14.8. The van der Waals surface area contributed by atoms with Gasteiger partial charge in [0.1, 0.15) is 17.7 Å². The molecule has 0 saturated carbocycles. The number of anilines is 1. The molecule has 2 heterocycles.